The summed E-state index contributed by atoms with van der Waals surface area (Å²) in [5, 5.41) is 14.7. The van der Waals surface area contributed by atoms with Crippen LogP contribution in [0.5, 0.6) is 0 Å². The molecule has 1 aromatic carbocycles. The minimum absolute atomic E-state index is 0.0238. The fraction of sp³-hybridized carbons (Fsp3) is 0. The first-order chi connectivity index (χ1) is 12.1. The molecule has 25 heavy (non-hydrogen) atoms. The zero-order valence-corrected chi connectivity index (χ0v) is 12.9. The standard InChI is InChI=1S/C17H13N5O3/c23-17(13-7-9-18-10-8-13)20-19-12-16-2-1-11-21(16)14-3-5-15(6-4-14)22(24)25/h1-12H,(H,20,23). The van der Waals surface area contributed by atoms with Crippen molar-refractivity contribution in [2.75, 3.05) is 0 Å². The van der Waals surface area contributed by atoms with Crippen LogP contribution >= 0.6 is 0 Å². The highest BCUT2D eigenvalue weighted by molar-refractivity contribution is 5.94. The number of benzene rings is 1. The van der Waals surface area contributed by atoms with E-state index in [0.717, 1.165) is 5.69 Å². The Morgan fingerprint density at radius 2 is 1.88 bits per heavy atom. The lowest BCUT2D eigenvalue weighted by atomic mass is 10.2. The van der Waals surface area contributed by atoms with Gasteiger partial charge in [-0.1, -0.05) is 0 Å². The van der Waals surface area contributed by atoms with Crippen molar-refractivity contribution in [2.45, 2.75) is 0 Å². The minimum Gasteiger partial charge on any atom is -0.316 e. The van der Waals surface area contributed by atoms with Gasteiger partial charge in [-0.15, -0.1) is 0 Å². The third kappa shape index (κ3) is 3.75. The zero-order chi connectivity index (χ0) is 17.6. The smallest absolute Gasteiger partial charge is 0.271 e. The molecule has 0 aliphatic rings. The van der Waals surface area contributed by atoms with Gasteiger partial charge in [0.2, 0.25) is 0 Å². The summed E-state index contributed by atoms with van der Waals surface area (Å²) in [4.78, 5) is 26.0. The monoisotopic (exact) mass is 335 g/mol. The molecule has 0 aliphatic heterocycles. The predicted molar refractivity (Wildman–Crippen MR) is 91.7 cm³/mol. The summed E-state index contributed by atoms with van der Waals surface area (Å²) in [5.41, 5.74) is 4.38. The molecular formula is C17H13N5O3. The Morgan fingerprint density at radius 1 is 1.16 bits per heavy atom. The zero-order valence-electron chi connectivity index (χ0n) is 12.9. The van der Waals surface area contributed by atoms with Crippen LogP contribution < -0.4 is 5.43 Å². The van der Waals surface area contributed by atoms with Crippen LogP contribution in [0.15, 0.2) is 72.2 Å². The van der Waals surface area contributed by atoms with E-state index in [1.165, 1.54) is 30.7 Å². The number of hydrogen-bond donors (Lipinski definition) is 1. The summed E-state index contributed by atoms with van der Waals surface area (Å²) in [7, 11) is 0. The van der Waals surface area contributed by atoms with E-state index in [1.54, 1.807) is 35.0 Å². The Kier molecular flexibility index (Phi) is 4.61. The summed E-state index contributed by atoms with van der Waals surface area (Å²) < 4.78 is 1.80. The number of nitro groups is 1. The third-order valence-electron chi connectivity index (χ3n) is 3.42. The van der Waals surface area contributed by atoms with Gasteiger partial charge in [0.25, 0.3) is 11.6 Å². The van der Waals surface area contributed by atoms with E-state index in [-0.39, 0.29) is 11.6 Å². The van der Waals surface area contributed by atoms with Crippen molar-refractivity contribution in [3.8, 4) is 5.69 Å². The molecule has 1 amide bonds. The first-order valence-corrected chi connectivity index (χ1v) is 7.31. The Bertz CT molecular complexity index is 917. The number of non-ortho nitro benzene ring substituents is 1. The summed E-state index contributed by atoms with van der Waals surface area (Å²) in [6.45, 7) is 0. The van der Waals surface area contributed by atoms with Crippen LogP contribution in [-0.4, -0.2) is 26.6 Å². The number of hydrogen-bond acceptors (Lipinski definition) is 5. The molecule has 0 spiro atoms. The first-order valence-electron chi connectivity index (χ1n) is 7.31. The van der Waals surface area contributed by atoms with Crippen molar-refractivity contribution in [3.63, 3.8) is 0 Å². The molecule has 0 bridgehead atoms. The van der Waals surface area contributed by atoms with E-state index in [4.69, 9.17) is 0 Å². The average molecular weight is 335 g/mol. The quantitative estimate of drug-likeness (QED) is 0.439. The van der Waals surface area contributed by atoms with Crippen LogP contribution in [0.25, 0.3) is 5.69 Å². The molecule has 2 aromatic heterocycles. The predicted octanol–water partition coefficient (Wildman–Crippen LogP) is 2.54. The molecule has 0 saturated carbocycles. The maximum Gasteiger partial charge on any atom is 0.271 e. The molecule has 0 atom stereocenters. The van der Waals surface area contributed by atoms with E-state index in [9.17, 15) is 14.9 Å². The molecule has 3 rings (SSSR count). The molecule has 0 radical (unpaired) electrons. The maximum absolute atomic E-state index is 11.9. The Labute approximate surface area is 142 Å². The van der Waals surface area contributed by atoms with Gasteiger partial charge in [0.05, 0.1) is 16.8 Å². The van der Waals surface area contributed by atoms with Gasteiger partial charge in [0.1, 0.15) is 0 Å². The Morgan fingerprint density at radius 3 is 2.56 bits per heavy atom. The van der Waals surface area contributed by atoms with Gasteiger partial charge >= 0.3 is 0 Å². The molecule has 0 aliphatic carbocycles. The van der Waals surface area contributed by atoms with Gasteiger partial charge in [-0.3, -0.25) is 19.9 Å². The van der Waals surface area contributed by atoms with E-state index < -0.39 is 4.92 Å². The van der Waals surface area contributed by atoms with Crippen molar-refractivity contribution >= 4 is 17.8 Å². The fourth-order valence-corrected chi connectivity index (χ4v) is 2.19. The number of nitro benzene ring substituents is 1. The summed E-state index contributed by atoms with van der Waals surface area (Å²) in [6.07, 6.45) is 6.35. The van der Waals surface area contributed by atoms with Crippen LogP contribution in [0, 0.1) is 10.1 Å². The molecule has 8 heteroatoms. The lowest BCUT2D eigenvalue weighted by molar-refractivity contribution is -0.384. The van der Waals surface area contributed by atoms with Gasteiger partial charge in [-0.05, 0) is 36.4 Å². The number of rotatable bonds is 5. The molecule has 2 heterocycles. The molecule has 1 N–H and O–H groups in total. The number of nitrogens with one attached hydrogen (secondary N) is 1. The Hall–Kier alpha value is -3.81. The maximum atomic E-state index is 11.9. The second kappa shape index (κ2) is 7.18. The van der Waals surface area contributed by atoms with Crippen molar-refractivity contribution in [1.82, 2.24) is 15.0 Å². The van der Waals surface area contributed by atoms with Crippen LogP contribution in [0.3, 0.4) is 0 Å². The second-order valence-corrected chi connectivity index (χ2v) is 5.01. The summed E-state index contributed by atoms with van der Waals surface area (Å²) >= 11 is 0. The highest BCUT2D eigenvalue weighted by Crippen LogP contribution is 2.16. The van der Waals surface area contributed by atoms with E-state index in [0.29, 0.717) is 11.3 Å². The number of hydrazone groups is 1. The van der Waals surface area contributed by atoms with Crippen LogP contribution in [0.1, 0.15) is 16.1 Å². The molecule has 0 saturated heterocycles. The molecule has 124 valence electrons. The van der Waals surface area contributed by atoms with Crippen molar-refractivity contribution in [1.29, 1.82) is 0 Å². The van der Waals surface area contributed by atoms with E-state index >= 15 is 0 Å². The number of amides is 1. The summed E-state index contributed by atoms with van der Waals surface area (Å²) in [6, 6.07) is 12.9. The number of nitrogens with zero attached hydrogens (tertiary/aromatic N) is 4. The van der Waals surface area contributed by atoms with E-state index in [1.807, 2.05) is 12.1 Å². The SMILES string of the molecule is O=C(NN=Cc1cccn1-c1ccc([N+](=O)[O-])cc1)c1ccncc1. The van der Waals surface area contributed by atoms with Crippen molar-refractivity contribution < 1.29 is 9.72 Å². The van der Waals surface area contributed by atoms with Crippen molar-refractivity contribution in [2.24, 2.45) is 5.10 Å². The average Bonchev–Trinajstić information content (AvgIpc) is 3.11. The van der Waals surface area contributed by atoms with Gasteiger partial charge in [0, 0.05) is 42.0 Å². The lowest BCUT2D eigenvalue weighted by Gasteiger charge is -2.06. The first kappa shape index (κ1) is 16.1. The number of pyridine rings is 1. The number of carbonyl (C=O) groups is 1. The van der Waals surface area contributed by atoms with Gasteiger partial charge in [0.15, 0.2) is 0 Å². The topological polar surface area (TPSA) is 102 Å². The molecule has 0 fully saturated rings. The third-order valence-corrected chi connectivity index (χ3v) is 3.42. The van der Waals surface area contributed by atoms with Crippen LogP contribution in [0.2, 0.25) is 0 Å². The fourth-order valence-electron chi connectivity index (χ4n) is 2.19. The van der Waals surface area contributed by atoms with Crippen LogP contribution in [0.4, 0.5) is 5.69 Å². The molecule has 3 aromatic rings. The largest absolute Gasteiger partial charge is 0.316 e. The second-order valence-electron chi connectivity index (χ2n) is 5.01. The highest BCUT2D eigenvalue weighted by Gasteiger charge is 2.07. The highest BCUT2D eigenvalue weighted by atomic mass is 16.6. The normalized spacial score (nSPS) is 10.7. The van der Waals surface area contributed by atoms with Crippen LogP contribution in [-0.2, 0) is 0 Å². The number of aromatic nitrogens is 2. The number of carbonyl (C=O) groups excluding carboxylic acids is 1. The van der Waals surface area contributed by atoms with Gasteiger partial charge in [-0.25, -0.2) is 5.43 Å². The molecular weight excluding hydrogens is 322 g/mol. The van der Waals surface area contributed by atoms with Gasteiger partial charge < -0.3 is 4.57 Å². The summed E-state index contributed by atoms with van der Waals surface area (Å²) in [5.74, 6) is -0.341. The van der Waals surface area contributed by atoms with Gasteiger partial charge in [-0.2, -0.15) is 5.10 Å². The lowest BCUT2D eigenvalue weighted by Crippen LogP contribution is -2.17. The molecule has 0 unspecified atom stereocenters. The Balaban J connectivity index is 1.73. The minimum atomic E-state index is -0.448. The van der Waals surface area contributed by atoms with E-state index in [2.05, 4.69) is 15.5 Å². The van der Waals surface area contributed by atoms with Crippen molar-refractivity contribution in [3.05, 3.63) is 88.5 Å². The molecule has 8 nitrogen and oxygen atoms in total.